The molecule has 15 heteroatoms. The first-order valence-corrected chi connectivity index (χ1v) is 21.0. The molecule has 318 valence electrons. The molecular weight excluding hydrogens is 777 g/mol. The average Bonchev–Trinajstić information content (AvgIpc) is 4.14. The number of ether oxygens (including phenoxy) is 3. The Bertz CT molecular complexity index is 2450. The molecule has 2 aromatic heterocycles. The van der Waals surface area contributed by atoms with E-state index in [2.05, 4.69) is 81.3 Å². The van der Waals surface area contributed by atoms with Crippen molar-refractivity contribution in [2.24, 2.45) is 5.92 Å². The second-order valence-electron chi connectivity index (χ2n) is 16.1. The fourth-order valence-electron chi connectivity index (χ4n) is 8.68. The lowest BCUT2D eigenvalue weighted by Crippen LogP contribution is -2.51. The Balaban J connectivity index is 0.942. The van der Waals surface area contributed by atoms with Crippen molar-refractivity contribution in [1.29, 1.82) is 0 Å². The summed E-state index contributed by atoms with van der Waals surface area (Å²) in [4.78, 5) is 71.7. The number of alkyl carbamates (subject to hydrolysis) is 2. The number of imidazole rings is 2. The van der Waals surface area contributed by atoms with Crippen molar-refractivity contribution in [3.8, 4) is 33.6 Å². The highest BCUT2D eigenvalue weighted by atomic mass is 16.5. The third-order valence-electron chi connectivity index (χ3n) is 12.0. The third kappa shape index (κ3) is 8.74. The molecule has 3 aliphatic heterocycles. The van der Waals surface area contributed by atoms with Crippen LogP contribution in [0.3, 0.4) is 0 Å². The number of likely N-dealkylation sites (tertiary alicyclic amines) is 2. The number of hydrogen-bond acceptors (Lipinski definition) is 9. The zero-order valence-corrected chi connectivity index (χ0v) is 35.0. The molecule has 0 radical (unpaired) electrons. The lowest BCUT2D eigenvalue weighted by atomic mass is 9.98. The van der Waals surface area contributed by atoms with Crippen molar-refractivity contribution in [2.75, 3.05) is 40.5 Å². The molecule has 0 unspecified atom stereocenters. The van der Waals surface area contributed by atoms with Gasteiger partial charge < -0.3 is 39.3 Å². The van der Waals surface area contributed by atoms with Crippen molar-refractivity contribution in [2.45, 2.75) is 70.5 Å². The van der Waals surface area contributed by atoms with Crippen LogP contribution < -0.4 is 10.6 Å². The van der Waals surface area contributed by atoms with Crippen LogP contribution in [0, 0.1) is 5.92 Å². The summed E-state index contributed by atoms with van der Waals surface area (Å²) in [6.07, 6.45) is 6.69. The number of methoxy groups -OCH3 is 2. The number of aromatic nitrogens is 4. The number of carbonyl (C=O) groups excluding carboxylic acids is 4. The van der Waals surface area contributed by atoms with E-state index in [1.54, 1.807) is 4.90 Å². The van der Waals surface area contributed by atoms with Gasteiger partial charge in [0.1, 0.15) is 23.4 Å². The molecule has 15 nitrogen and oxygen atoms in total. The van der Waals surface area contributed by atoms with E-state index >= 15 is 0 Å². The van der Waals surface area contributed by atoms with Gasteiger partial charge in [-0.3, -0.25) is 14.9 Å². The topological polar surface area (TPSA) is 184 Å². The summed E-state index contributed by atoms with van der Waals surface area (Å²) in [5.74, 6) is 0.955. The zero-order chi connectivity index (χ0) is 42.6. The number of H-pyrrole nitrogens is 2. The molecular formula is C46H52N8O7. The Morgan fingerprint density at radius 3 is 1.89 bits per heavy atom. The van der Waals surface area contributed by atoms with Crippen molar-refractivity contribution in [3.05, 3.63) is 96.0 Å². The van der Waals surface area contributed by atoms with E-state index < -0.39 is 18.2 Å². The Labute approximate surface area is 354 Å². The molecule has 4 amide bonds. The van der Waals surface area contributed by atoms with Gasteiger partial charge in [0.2, 0.25) is 5.91 Å². The normalized spacial score (nSPS) is 18.3. The minimum absolute atomic E-state index is 0.108. The van der Waals surface area contributed by atoms with E-state index in [0.717, 1.165) is 81.5 Å². The minimum atomic E-state index is -0.691. The van der Waals surface area contributed by atoms with Gasteiger partial charge in [-0.1, -0.05) is 62.4 Å². The highest BCUT2D eigenvalue weighted by Gasteiger charge is 2.38. The molecule has 0 saturated carbocycles. The highest BCUT2D eigenvalue weighted by molar-refractivity contribution is 5.97. The largest absolute Gasteiger partial charge is 0.453 e. The fourth-order valence-corrected chi connectivity index (χ4v) is 8.68. The molecule has 3 aliphatic rings. The van der Waals surface area contributed by atoms with Crippen LogP contribution in [-0.2, 0) is 23.8 Å². The van der Waals surface area contributed by atoms with Gasteiger partial charge in [-0.2, -0.15) is 0 Å². The van der Waals surface area contributed by atoms with Crippen molar-refractivity contribution in [1.82, 2.24) is 40.4 Å². The first-order valence-electron chi connectivity index (χ1n) is 21.0. The highest BCUT2D eigenvalue weighted by Crippen LogP contribution is 2.36. The summed E-state index contributed by atoms with van der Waals surface area (Å²) in [6, 6.07) is 19.9. The molecule has 8 rings (SSSR count). The number of nitrogens with zero attached hydrogens (tertiary/aromatic N) is 4. The maximum atomic E-state index is 13.9. The fraction of sp³-hybridized carbons (Fsp3) is 0.391. The van der Waals surface area contributed by atoms with Crippen molar-refractivity contribution < 1.29 is 33.4 Å². The summed E-state index contributed by atoms with van der Waals surface area (Å²) >= 11 is 0. The van der Waals surface area contributed by atoms with Crippen LogP contribution in [0.1, 0.15) is 76.1 Å². The molecule has 3 atom stereocenters. The van der Waals surface area contributed by atoms with E-state index in [-0.39, 0.29) is 35.5 Å². The summed E-state index contributed by atoms with van der Waals surface area (Å²) in [7, 11) is 2.58. The van der Waals surface area contributed by atoms with E-state index in [0.29, 0.717) is 45.0 Å². The van der Waals surface area contributed by atoms with E-state index in [4.69, 9.17) is 24.2 Å². The van der Waals surface area contributed by atoms with Gasteiger partial charge >= 0.3 is 12.2 Å². The summed E-state index contributed by atoms with van der Waals surface area (Å²) in [5, 5.41) is 7.58. The van der Waals surface area contributed by atoms with Crippen LogP contribution in [-0.4, -0.2) is 100 Å². The zero-order valence-electron chi connectivity index (χ0n) is 35.0. The number of hydrogen-bond donors (Lipinski definition) is 4. The summed E-state index contributed by atoms with van der Waals surface area (Å²) in [6.45, 7) is 5.96. The van der Waals surface area contributed by atoms with Gasteiger partial charge in [0.15, 0.2) is 0 Å². The lowest BCUT2D eigenvalue weighted by molar-refractivity contribution is -0.135. The maximum absolute atomic E-state index is 13.9. The number of rotatable bonds is 10. The predicted molar refractivity (Wildman–Crippen MR) is 229 cm³/mol. The first-order chi connectivity index (χ1) is 29.6. The van der Waals surface area contributed by atoms with Gasteiger partial charge in [0, 0.05) is 18.7 Å². The Kier molecular flexibility index (Phi) is 12.2. The molecule has 61 heavy (non-hydrogen) atoms. The summed E-state index contributed by atoms with van der Waals surface area (Å²) < 4.78 is 15.1. The maximum Gasteiger partial charge on any atom is 0.411 e. The Morgan fingerprint density at radius 2 is 1.26 bits per heavy atom. The third-order valence-corrected chi connectivity index (χ3v) is 12.0. The molecule has 0 spiro atoms. The van der Waals surface area contributed by atoms with Crippen molar-refractivity contribution in [3.63, 3.8) is 0 Å². The number of benzene rings is 3. The predicted octanol–water partition coefficient (Wildman–Crippen LogP) is 7.42. The number of aromatic amines is 2. The van der Waals surface area contributed by atoms with Gasteiger partial charge in [-0.15, -0.1) is 0 Å². The van der Waals surface area contributed by atoms with Crippen LogP contribution in [0.15, 0.2) is 84.3 Å². The second-order valence-corrected chi connectivity index (χ2v) is 16.1. The SMILES string of the molecule is COC(=O)NC(C(=O)N1CCC[C@H]1c1ncc(-c2ccc(-c3ccc4cc(-c5cnc([C@@H]6CCCN6C(=O)[C@@H](NC(=O)OC)C(C)C)[nH]5)ccc4c3)cc2)[nH]1)=C1CCOCC1. The van der Waals surface area contributed by atoms with Gasteiger partial charge in [-0.05, 0) is 89.6 Å². The van der Waals surface area contributed by atoms with Gasteiger partial charge in [0.05, 0.1) is 63.3 Å². The number of fused-ring (bicyclic) bond motifs is 1. The molecule has 5 heterocycles. The molecule has 4 N–H and O–H groups in total. The van der Waals surface area contributed by atoms with Crippen LogP contribution in [0.5, 0.6) is 0 Å². The molecule has 0 bridgehead atoms. The van der Waals surface area contributed by atoms with E-state index in [9.17, 15) is 19.2 Å². The van der Waals surface area contributed by atoms with E-state index in [1.807, 2.05) is 31.1 Å². The number of nitrogens with one attached hydrogen (secondary N) is 4. The Hall–Kier alpha value is -6.48. The lowest BCUT2D eigenvalue weighted by Gasteiger charge is -2.30. The van der Waals surface area contributed by atoms with E-state index in [1.165, 1.54) is 14.2 Å². The van der Waals surface area contributed by atoms with Crippen LogP contribution in [0.2, 0.25) is 0 Å². The average molecular weight is 829 g/mol. The second kappa shape index (κ2) is 18.0. The quantitative estimate of drug-likeness (QED) is 0.104. The molecule has 3 aromatic carbocycles. The van der Waals surface area contributed by atoms with Gasteiger partial charge in [0.25, 0.3) is 5.91 Å². The number of carbonyl (C=O) groups is 4. The Morgan fingerprint density at radius 1 is 0.721 bits per heavy atom. The van der Waals surface area contributed by atoms with Crippen LogP contribution in [0.4, 0.5) is 9.59 Å². The van der Waals surface area contributed by atoms with Gasteiger partial charge in [-0.25, -0.2) is 19.6 Å². The standard InChI is InChI=1S/C46H52N8O7/c1-27(2)39(51-45(57)59-3)43(55)53-19-5-7-37(53)42-48-26-36(50-42)34-16-15-32-23-31(13-14-33(32)24-34)28-9-11-29(12-10-28)35-25-47-41(49-35)38-8-6-20-54(38)44(56)40(52-46(58)60-4)30-17-21-61-22-18-30/h9-16,23-27,37-39H,5-8,17-22H2,1-4H3,(H,47,49)(H,48,50)(H,51,57)(H,52,58)/t37-,38-,39-/m0/s1. The van der Waals surface area contributed by atoms with Crippen LogP contribution >= 0.6 is 0 Å². The van der Waals surface area contributed by atoms with Crippen molar-refractivity contribution >= 4 is 34.8 Å². The first kappa shape index (κ1) is 41.3. The molecule has 3 fully saturated rings. The minimum Gasteiger partial charge on any atom is -0.453 e. The summed E-state index contributed by atoms with van der Waals surface area (Å²) in [5.41, 5.74) is 6.99. The monoisotopic (exact) mass is 828 g/mol. The number of amides is 4. The molecule has 5 aromatic rings. The molecule has 3 saturated heterocycles. The van der Waals surface area contributed by atoms with Crippen LogP contribution in [0.25, 0.3) is 44.4 Å². The molecule has 0 aliphatic carbocycles. The smallest absolute Gasteiger partial charge is 0.411 e.